The molecule has 2 rings (SSSR count). The van der Waals surface area contributed by atoms with Gasteiger partial charge < -0.3 is 4.74 Å². The maximum absolute atomic E-state index is 11.9. The van der Waals surface area contributed by atoms with E-state index in [-0.39, 0.29) is 17.5 Å². The number of carbonyl (C=O) groups is 1. The molecule has 0 atom stereocenters. The van der Waals surface area contributed by atoms with E-state index in [0.717, 1.165) is 25.7 Å². The largest absolute Gasteiger partial charge is 0.444 e. The highest BCUT2D eigenvalue weighted by molar-refractivity contribution is 5.86. The van der Waals surface area contributed by atoms with Crippen molar-refractivity contribution in [3.8, 4) is 0 Å². The van der Waals surface area contributed by atoms with Crippen molar-refractivity contribution in [3.05, 3.63) is 16.3 Å². The molecule has 1 fully saturated rings. The Bertz CT molecular complexity index is 541. The van der Waals surface area contributed by atoms with Crippen molar-refractivity contribution in [2.75, 3.05) is 5.32 Å². The van der Waals surface area contributed by atoms with Gasteiger partial charge in [0.15, 0.2) is 0 Å². The smallest absolute Gasteiger partial charge is 0.413 e. The van der Waals surface area contributed by atoms with E-state index in [9.17, 15) is 14.9 Å². The zero-order chi connectivity index (χ0) is 15.6. The van der Waals surface area contributed by atoms with Crippen LogP contribution in [0.25, 0.3) is 0 Å². The number of nitro groups is 1. The molecule has 0 spiro atoms. The van der Waals surface area contributed by atoms with Crippen LogP contribution >= 0.6 is 0 Å². The SMILES string of the molecule is CC(C)(C)OC(=O)Nc1c([N+](=O)[O-])cnn1C1CCCC1. The monoisotopic (exact) mass is 296 g/mol. The second kappa shape index (κ2) is 5.71. The van der Waals surface area contributed by atoms with Gasteiger partial charge in [-0.2, -0.15) is 5.10 Å². The number of nitrogens with one attached hydrogen (secondary N) is 1. The van der Waals surface area contributed by atoms with Gasteiger partial charge in [0.1, 0.15) is 11.8 Å². The lowest BCUT2D eigenvalue weighted by Crippen LogP contribution is -2.28. The third-order valence-electron chi connectivity index (χ3n) is 3.26. The van der Waals surface area contributed by atoms with Crippen molar-refractivity contribution in [2.24, 2.45) is 0 Å². The Kier molecular flexibility index (Phi) is 4.15. The minimum atomic E-state index is -0.717. The fraction of sp³-hybridized carbons (Fsp3) is 0.692. The third kappa shape index (κ3) is 3.71. The Balaban J connectivity index is 2.24. The summed E-state index contributed by atoms with van der Waals surface area (Å²) >= 11 is 0. The summed E-state index contributed by atoms with van der Waals surface area (Å²) in [5, 5.41) is 17.6. The van der Waals surface area contributed by atoms with Gasteiger partial charge in [-0.3, -0.25) is 15.4 Å². The summed E-state index contributed by atoms with van der Waals surface area (Å²) in [6, 6.07) is 0.0867. The van der Waals surface area contributed by atoms with Gasteiger partial charge in [0.05, 0.1) is 11.0 Å². The Hall–Kier alpha value is -2.12. The second-order valence-corrected chi connectivity index (χ2v) is 6.15. The van der Waals surface area contributed by atoms with Gasteiger partial charge in [-0.15, -0.1) is 0 Å². The van der Waals surface area contributed by atoms with E-state index in [1.165, 1.54) is 10.9 Å². The molecule has 1 aromatic heterocycles. The van der Waals surface area contributed by atoms with Crippen LogP contribution in [0.4, 0.5) is 16.3 Å². The minimum absolute atomic E-state index is 0.0867. The molecule has 0 bridgehead atoms. The van der Waals surface area contributed by atoms with E-state index in [1.807, 2.05) is 0 Å². The van der Waals surface area contributed by atoms with E-state index < -0.39 is 16.6 Å². The van der Waals surface area contributed by atoms with E-state index in [1.54, 1.807) is 20.8 Å². The van der Waals surface area contributed by atoms with Gasteiger partial charge in [-0.1, -0.05) is 12.8 Å². The molecule has 1 amide bonds. The number of hydrogen-bond acceptors (Lipinski definition) is 5. The van der Waals surface area contributed by atoms with Gasteiger partial charge in [0.25, 0.3) is 0 Å². The van der Waals surface area contributed by atoms with Crippen molar-refractivity contribution in [1.29, 1.82) is 0 Å². The fourth-order valence-electron chi connectivity index (χ4n) is 2.43. The summed E-state index contributed by atoms with van der Waals surface area (Å²) in [6.45, 7) is 5.19. The van der Waals surface area contributed by atoms with E-state index in [2.05, 4.69) is 10.4 Å². The highest BCUT2D eigenvalue weighted by atomic mass is 16.6. The molecule has 1 aromatic rings. The molecule has 21 heavy (non-hydrogen) atoms. The number of anilines is 1. The first-order valence-electron chi connectivity index (χ1n) is 7.00. The molecule has 0 saturated heterocycles. The first kappa shape index (κ1) is 15.3. The molecule has 8 heteroatoms. The Morgan fingerprint density at radius 2 is 2.10 bits per heavy atom. The van der Waals surface area contributed by atoms with Crippen molar-refractivity contribution >= 4 is 17.6 Å². The molecule has 0 unspecified atom stereocenters. The van der Waals surface area contributed by atoms with Crippen LogP contribution in [0.1, 0.15) is 52.5 Å². The molecule has 0 radical (unpaired) electrons. The van der Waals surface area contributed by atoms with Crippen LogP contribution < -0.4 is 5.32 Å². The quantitative estimate of drug-likeness (QED) is 0.681. The molecule has 1 heterocycles. The Morgan fingerprint density at radius 3 is 2.62 bits per heavy atom. The lowest BCUT2D eigenvalue weighted by Gasteiger charge is -2.20. The number of rotatable bonds is 3. The molecule has 0 aliphatic heterocycles. The van der Waals surface area contributed by atoms with Gasteiger partial charge >= 0.3 is 11.8 Å². The average molecular weight is 296 g/mol. The van der Waals surface area contributed by atoms with Crippen LogP contribution in [-0.4, -0.2) is 26.4 Å². The van der Waals surface area contributed by atoms with Gasteiger partial charge in [0, 0.05) is 0 Å². The topological polar surface area (TPSA) is 99.3 Å². The molecule has 1 N–H and O–H groups in total. The molecule has 1 aliphatic carbocycles. The van der Waals surface area contributed by atoms with Crippen molar-refractivity contribution in [3.63, 3.8) is 0 Å². The van der Waals surface area contributed by atoms with Crippen molar-refractivity contribution in [2.45, 2.75) is 58.1 Å². The zero-order valence-electron chi connectivity index (χ0n) is 12.5. The Labute approximate surface area is 122 Å². The van der Waals surface area contributed by atoms with Crippen molar-refractivity contribution in [1.82, 2.24) is 9.78 Å². The van der Waals surface area contributed by atoms with Crippen LogP contribution in [0, 0.1) is 10.1 Å². The van der Waals surface area contributed by atoms with E-state index in [0.29, 0.717) is 0 Å². The van der Waals surface area contributed by atoms with Gasteiger partial charge in [-0.25, -0.2) is 9.48 Å². The summed E-state index contributed by atoms with van der Waals surface area (Å²) < 4.78 is 6.69. The van der Waals surface area contributed by atoms with Crippen LogP contribution in [-0.2, 0) is 4.74 Å². The highest BCUT2D eigenvalue weighted by Crippen LogP contribution is 2.35. The number of amides is 1. The Morgan fingerprint density at radius 1 is 1.48 bits per heavy atom. The van der Waals surface area contributed by atoms with E-state index in [4.69, 9.17) is 4.74 Å². The lowest BCUT2D eigenvalue weighted by molar-refractivity contribution is -0.384. The number of hydrogen-bond donors (Lipinski definition) is 1. The normalized spacial score (nSPS) is 16.0. The second-order valence-electron chi connectivity index (χ2n) is 6.15. The van der Waals surface area contributed by atoms with E-state index >= 15 is 0 Å². The molecular weight excluding hydrogens is 276 g/mol. The number of ether oxygens (including phenoxy) is 1. The van der Waals surface area contributed by atoms with Crippen molar-refractivity contribution < 1.29 is 14.5 Å². The van der Waals surface area contributed by atoms with Crippen LogP contribution in [0.15, 0.2) is 6.20 Å². The van der Waals surface area contributed by atoms with Crippen LogP contribution in [0.3, 0.4) is 0 Å². The molecule has 8 nitrogen and oxygen atoms in total. The van der Waals surface area contributed by atoms with Gasteiger partial charge in [-0.05, 0) is 33.6 Å². The molecule has 1 saturated carbocycles. The van der Waals surface area contributed by atoms with Crippen LogP contribution in [0.2, 0.25) is 0 Å². The zero-order valence-corrected chi connectivity index (χ0v) is 12.5. The summed E-state index contributed by atoms with van der Waals surface area (Å²) in [4.78, 5) is 22.4. The summed E-state index contributed by atoms with van der Waals surface area (Å²) in [7, 11) is 0. The van der Waals surface area contributed by atoms with Crippen LogP contribution in [0.5, 0.6) is 0 Å². The molecule has 1 aliphatic rings. The summed E-state index contributed by atoms with van der Waals surface area (Å²) in [6.07, 6.45) is 4.38. The predicted molar refractivity (Wildman–Crippen MR) is 76.2 cm³/mol. The average Bonchev–Trinajstić information content (AvgIpc) is 2.93. The minimum Gasteiger partial charge on any atom is -0.444 e. The predicted octanol–water partition coefficient (Wildman–Crippen LogP) is 3.25. The maximum Gasteiger partial charge on any atom is 0.413 e. The molecule has 0 aromatic carbocycles. The molecular formula is C13H20N4O4. The number of nitrogens with zero attached hydrogens (tertiary/aromatic N) is 3. The maximum atomic E-state index is 11.9. The number of carbonyl (C=O) groups excluding carboxylic acids is 1. The number of aromatic nitrogens is 2. The first-order chi connectivity index (χ1) is 9.78. The van der Waals surface area contributed by atoms with Gasteiger partial charge in [0.2, 0.25) is 5.82 Å². The third-order valence-corrected chi connectivity index (χ3v) is 3.26. The highest BCUT2D eigenvalue weighted by Gasteiger charge is 2.29. The summed E-state index contributed by atoms with van der Waals surface area (Å²) in [5.74, 6) is 0.0983. The molecule has 116 valence electrons. The summed E-state index contributed by atoms with van der Waals surface area (Å²) in [5.41, 5.74) is -0.885. The lowest BCUT2D eigenvalue weighted by atomic mass is 10.2. The first-order valence-corrected chi connectivity index (χ1v) is 7.00. The fourth-order valence-corrected chi connectivity index (χ4v) is 2.43. The standard InChI is InChI=1S/C13H20N4O4/c1-13(2,3)21-12(18)15-11-10(17(19)20)8-14-16(11)9-6-4-5-7-9/h8-9H,4-7H2,1-3H3,(H,15,18).